The summed E-state index contributed by atoms with van der Waals surface area (Å²) in [5.41, 5.74) is 0. The van der Waals surface area contributed by atoms with E-state index in [2.05, 4.69) is 4.74 Å². The Morgan fingerprint density at radius 2 is 1.67 bits per heavy atom. The van der Waals surface area contributed by atoms with Crippen LogP contribution in [0.4, 0.5) is 8.78 Å². The molecular formula is C4H7F2NO6S2. The molecule has 0 fully saturated rings. The van der Waals surface area contributed by atoms with E-state index in [1.54, 1.807) is 0 Å². The fourth-order valence-electron chi connectivity index (χ4n) is 0.480. The van der Waals surface area contributed by atoms with Gasteiger partial charge in [0.25, 0.3) is 0 Å². The van der Waals surface area contributed by atoms with Crippen molar-refractivity contribution in [3.05, 3.63) is 0 Å². The van der Waals surface area contributed by atoms with Crippen LogP contribution in [-0.4, -0.2) is 41.4 Å². The molecule has 7 nitrogen and oxygen atoms in total. The molecule has 0 rings (SSSR count). The number of carbonyl (C=O) groups excluding carboxylic acids is 1. The molecular weight excluding hydrogens is 260 g/mol. The predicted octanol–water partition coefficient (Wildman–Crippen LogP) is -1.37. The quantitative estimate of drug-likeness (QED) is 0.630. The van der Waals surface area contributed by atoms with Gasteiger partial charge in [-0.3, -0.25) is 0 Å². The molecule has 0 saturated carbocycles. The Kier molecular flexibility index (Phi) is 3.77. The molecule has 0 spiro atoms. The van der Waals surface area contributed by atoms with Crippen LogP contribution >= 0.6 is 0 Å². The lowest BCUT2D eigenvalue weighted by Gasteiger charge is -2.13. The van der Waals surface area contributed by atoms with Crippen molar-refractivity contribution in [2.24, 2.45) is 0 Å². The van der Waals surface area contributed by atoms with Crippen molar-refractivity contribution < 1.29 is 35.1 Å². The zero-order chi connectivity index (χ0) is 12.5. The number of carbonyl (C=O) groups is 1. The Morgan fingerprint density at radius 1 is 1.27 bits per heavy atom. The molecule has 0 heterocycles. The van der Waals surface area contributed by atoms with E-state index >= 15 is 0 Å². The van der Waals surface area contributed by atoms with E-state index in [-0.39, 0.29) is 0 Å². The van der Waals surface area contributed by atoms with E-state index in [1.165, 1.54) is 0 Å². The first-order chi connectivity index (χ1) is 6.44. The fraction of sp³-hybridized carbons (Fsp3) is 0.750. The van der Waals surface area contributed by atoms with Gasteiger partial charge in [-0.25, -0.2) is 21.6 Å². The molecule has 0 aromatic heterocycles. The standard InChI is InChI=1S/C4H7F2NO6S2/c1-13-3(8)4(5,6)15(11,12)7-14(2,9)10/h7H,1-2H3. The van der Waals surface area contributed by atoms with E-state index in [0.29, 0.717) is 17.5 Å². The van der Waals surface area contributed by atoms with E-state index in [1.807, 2.05) is 0 Å². The van der Waals surface area contributed by atoms with Gasteiger partial charge in [-0.05, 0) is 0 Å². The Bertz CT molecular complexity index is 452. The minimum atomic E-state index is -5.67. The monoisotopic (exact) mass is 267 g/mol. The van der Waals surface area contributed by atoms with Gasteiger partial charge in [0.2, 0.25) is 10.0 Å². The van der Waals surface area contributed by atoms with Gasteiger partial charge in [0.1, 0.15) is 0 Å². The van der Waals surface area contributed by atoms with Crippen LogP contribution in [0.3, 0.4) is 0 Å². The number of methoxy groups -OCH3 is 1. The van der Waals surface area contributed by atoms with Gasteiger partial charge in [0, 0.05) is 0 Å². The van der Waals surface area contributed by atoms with Crippen LogP contribution in [0.15, 0.2) is 0 Å². The molecule has 11 heteroatoms. The number of hydrogen-bond donors (Lipinski definition) is 1. The summed E-state index contributed by atoms with van der Waals surface area (Å²) < 4.78 is 71.9. The third-order valence-electron chi connectivity index (χ3n) is 1.02. The van der Waals surface area contributed by atoms with E-state index in [9.17, 15) is 30.4 Å². The SMILES string of the molecule is COC(=O)C(F)(F)S(=O)(=O)NS(C)(=O)=O. The number of alkyl halides is 2. The molecule has 0 amide bonds. The van der Waals surface area contributed by atoms with Crippen molar-refractivity contribution in [3.8, 4) is 0 Å². The number of nitrogens with one attached hydrogen (secondary N) is 1. The molecule has 0 saturated heterocycles. The Morgan fingerprint density at radius 3 is 1.93 bits per heavy atom. The summed E-state index contributed by atoms with van der Waals surface area (Å²) in [7, 11) is -9.57. The summed E-state index contributed by atoms with van der Waals surface area (Å²) in [6.07, 6.45) is 0.345. The maximum atomic E-state index is 12.7. The van der Waals surface area contributed by atoms with Gasteiger partial charge in [0.15, 0.2) is 0 Å². The van der Waals surface area contributed by atoms with Gasteiger partial charge < -0.3 is 4.74 Å². The molecule has 15 heavy (non-hydrogen) atoms. The summed E-state index contributed by atoms with van der Waals surface area (Å²) in [4.78, 5) is 10.4. The highest BCUT2D eigenvalue weighted by atomic mass is 32.3. The lowest BCUT2D eigenvalue weighted by molar-refractivity contribution is -0.157. The van der Waals surface area contributed by atoms with Crippen LogP contribution in [0.25, 0.3) is 0 Å². The van der Waals surface area contributed by atoms with Gasteiger partial charge in [-0.15, -0.1) is 4.13 Å². The lowest BCUT2D eigenvalue weighted by atomic mass is 10.7. The highest BCUT2D eigenvalue weighted by molar-refractivity contribution is 8.05. The molecule has 0 atom stereocenters. The third-order valence-corrected chi connectivity index (χ3v) is 3.95. The number of sulfonamides is 2. The first-order valence-corrected chi connectivity index (χ1v) is 6.51. The third kappa shape index (κ3) is 3.35. The molecule has 90 valence electrons. The van der Waals surface area contributed by atoms with Crippen molar-refractivity contribution in [2.45, 2.75) is 5.25 Å². The van der Waals surface area contributed by atoms with E-state index in [4.69, 9.17) is 0 Å². The Hall–Kier alpha value is -0.810. The lowest BCUT2D eigenvalue weighted by Crippen LogP contribution is -2.47. The second kappa shape index (κ2) is 3.98. The first kappa shape index (κ1) is 14.2. The molecule has 0 aromatic rings. The smallest absolute Gasteiger partial charge is 0.455 e. The molecule has 0 aliphatic carbocycles. The normalized spacial score (nSPS) is 13.6. The van der Waals surface area contributed by atoms with Crippen LogP contribution < -0.4 is 4.13 Å². The number of halogens is 2. The zero-order valence-electron chi connectivity index (χ0n) is 7.52. The molecule has 0 aromatic carbocycles. The Labute approximate surface area is 84.5 Å². The second-order valence-electron chi connectivity index (χ2n) is 2.37. The van der Waals surface area contributed by atoms with Gasteiger partial charge in [0.05, 0.1) is 13.4 Å². The molecule has 0 aliphatic heterocycles. The fourth-order valence-corrected chi connectivity index (χ4v) is 2.80. The summed E-state index contributed by atoms with van der Waals surface area (Å²) in [6.45, 7) is 0. The average molecular weight is 267 g/mol. The van der Waals surface area contributed by atoms with Crippen LogP contribution in [0.1, 0.15) is 0 Å². The maximum Gasteiger partial charge on any atom is 0.455 e. The van der Waals surface area contributed by atoms with Crippen molar-refractivity contribution in [1.29, 1.82) is 0 Å². The summed E-state index contributed by atoms with van der Waals surface area (Å²) in [5.74, 6) is -2.38. The first-order valence-electron chi connectivity index (χ1n) is 3.13. The number of ether oxygens (including phenoxy) is 1. The summed E-state index contributed by atoms with van der Waals surface area (Å²) in [6, 6.07) is 0. The summed E-state index contributed by atoms with van der Waals surface area (Å²) >= 11 is 0. The largest absolute Gasteiger partial charge is 0.464 e. The predicted molar refractivity (Wildman–Crippen MR) is 43.9 cm³/mol. The van der Waals surface area contributed by atoms with Crippen LogP contribution in [-0.2, 0) is 29.6 Å². The molecule has 0 radical (unpaired) electrons. The Balaban J connectivity index is 5.31. The van der Waals surface area contributed by atoms with Crippen LogP contribution in [0.2, 0.25) is 0 Å². The van der Waals surface area contributed by atoms with Gasteiger partial charge in [-0.2, -0.15) is 8.78 Å². The molecule has 0 aliphatic rings. The molecule has 0 unspecified atom stereocenters. The van der Waals surface area contributed by atoms with Crippen molar-refractivity contribution in [1.82, 2.24) is 4.13 Å². The topological polar surface area (TPSA) is 107 Å². The minimum Gasteiger partial charge on any atom is -0.464 e. The van der Waals surface area contributed by atoms with Crippen LogP contribution in [0, 0.1) is 0 Å². The maximum absolute atomic E-state index is 12.7. The van der Waals surface area contributed by atoms with Crippen molar-refractivity contribution in [2.75, 3.05) is 13.4 Å². The summed E-state index contributed by atoms with van der Waals surface area (Å²) in [5, 5.41) is -4.97. The highest BCUT2D eigenvalue weighted by Crippen LogP contribution is 2.22. The van der Waals surface area contributed by atoms with E-state index in [0.717, 1.165) is 0 Å². The number of esters is 1. The highest BCUT2D eigenvalue weighted by Gasteiger charge is 2.55. The zero-order valence-corrected chi connectivity index (χ0v) is 9.15. The van der Waals surface area contributed by atoms with Crippen LogP contribution in [0.5, 0.6) is 0 Å². The van der Waals surface area contributed by atoms with Crippen molar-refractivity contribution >= 4 is 26.0 Å². The number of rotatable bonds is 4. The second-order valence-corrected chi connectivity index (χ2v) is 6.10. The molecule has 1 N–H and O–H groups in total. The number of hydrogen-bond acceptors (Lipinski definition) is 6. The van der Waals surface area contributed by atoms with Crippen molar-refractivity contribution in [3.63, 3.8) is 0 Å². The van der Waals surface area contributed by atoms with Gasteiger partial charge in [-0.1, -0.05) is 0 Å². The molecule has 0 bridgehead atoms. The average Bonchev–Trinajstić information content (AvgIpc) is 1.97. The van der Waals surface area contributed by atoms with Gasteiger partial charge >= 0.3 is 21.2 Å². The minimum absolute atomic E-state index is 0.345. The van der Waals surface area contributed by atoms with E-state index < -0.39 is 31.3 Å².